The van der Waals surface area contributed by atoms with Gasteiger partial charge < -0.3 is 44.5 Å². The van der Waals surface area contributed by atoms with Gasteiger partial charge in [-0.25, -0.2) is 0 Å². The SMILES string of the molecule is Cc1ccc(-c2oc3c(OC4OC(C)C(O)C(O)C4O)c(O)cc(O)c3c(=O)c2O)cc1. The summed E-state index contributed by atoms with van der Waals surface area (Å²) >= 11 is 0. The van der Waals surface area contributed by atoms with Crippen LogP contribution in [0.1, 0.15) is 12.5 Å². The van der Waals surface area contributed by atoms with Crippen LogP contribution in [-0.4, -0.2) is 61.3 Å². The first-order valence-electron chi connectivity index (χ1n) is 9.78. The van der Waals surface area contributed by atoms with Gasteiger partial charge in [-0.05, 0) is 13.8 Å². The molecule has 3 aromatic rings. The van der Waals surface area contributed by atoms with Crippen molar-refractivity contribution in [1.29, 1.82) is 0 Å². The summed E-state index contributed by atoms with van der Waals surface area (Å²) in [5, 5.41) is 60.7. The molecule has 0 amide bonds. The molecule has 4 rings (SSSR count). The van der Waals surface area contributed by atoms with Gasteiger partial charge in [0, 0.05) is 11.6 Å². The van der Waals surface area contributed by atoms with Gasteiger partial charge in [0.2, 0.25) is 23.2 Å². The van der Waals surface area contributed by atoms with Gasteiger partial charge in [-0.3, -0.25) is 4.79 Å². The average molecular weight is 446 g/mol. The lowest BCUT2D eigenvalue weighted by atomic mass is 10.00. The fraction of sp³-hybridized carbons (Fsp3) is 0.318. The highest BCUT2D eigenvalue weighted by Crippen LogP contribution is 2.43. The van der Waals surface area contributed by atoms with E-state index in [4.69, 9.17) is 13.9 Å². The number of fused-ring (bicyclic) bond motifs is 1. The van der Waals surface area contributed by atoms with E-state index in [0.717, 1.165) is 11.6 Å². The first kappa shape index (κ1) is 21.9. The van der Waals surface area contributed by atoms with Crippen molar-refractivity contribution in [3.63, 3.8) is 0 Å². The number of hydrogen-bond acceptors (Lipinski definition) is 10. The van der Waals surface area contributed by atoms with E-state index in [-0.39, 0.29) is 5.76 Å². The van der Waals surface area contributed by atoms with E-state index in [9.17, 15) is 35.4 Å². The summed E-state index contributed by atoms with van der Waals surface area (Å²) in [7, 11) is 0. The Morgan fingerprint density at radius 3 is 2.25 bits per heavy atom. The fourth-order valence-corrected chi connectivity index (χ4v) is 3.54. The molecule has 0 saturated carbocycles. The molecule has 2 aromatic carbocycles. The van der Waals surface area contributed by atoms with Crippen LogP contribution in [0, 0.1) is 6.92 Å². The van der Waals surface area contributed by atoms with Gasteiger partial charge in [0.15, 0.2) is 17.1 Å². The van der Waals surface area contributed by atoms with Gasteiger partial charge in [-0.1, -0.05) is 29.8 Å². The van der Waals surface area contributed by atoms with Crippen LogP contribution in [-0.2, 0) is 4.74 Å². The van der Waals surface area contributed by atoms with Crippen molar-refractivity contribution in [1.82, 2.24) is 0 Å². The number of phenolic OH excluding ortho intramolecular Hbond substituents is 2. The minimum absolute atomic E-state index is 0.230. The highest BCUT2D eigenvalue weighted by molar-refractivity contribution is 5.93. The number of benzene rings is 2. The lowest BCUT2D eigenvalue weighted by Crippen LogP contribution is -2.58. The molecule has 1 saturated heterocycles. The monoisotopic (exact) mass is 446 g/mol. The van der Waals surface area contributed by atoms with Gasteiger partial charge in [0.25, 0.3) is 0 Å². The van der Waals surface area contributed by atoms with Crippen LogP contribution in [0.15, 0.2) is 39.5 Å². The smallest absolute Gasteiger partial charge is 0.238 e. The van der Waals surface area contributed by atoms with E-state index >= 15 is 0 Å². The Labute approximate surface area is 181 Å². The van der Waals surface area contributed by atoms with Crippen molar-refractivity contribution in [3.05, 3.63) is 46.1 Å². The van der Waals surface area contributed by atoms with Crippen molar-refractivity contribution in [2.75, 3.05) is 0 Å². The molecule has 0 bridgehead atoms. The number of aryl methyl sites for hydroxylation is 1. The second kappa shape index (κ2) is 7.99. The topological polar surface area (TPSA) is 170 Å². The van der Waals surface area contributed by atoms with Crippen molar-refractivity contribution in [2.24, 2.45) is 0 Å². The summed E-state index contributed by atoms with van der Waals surface area (Å²) in [5.41, 5.74) is -0.112. The lowest BCUT2D eigenvalue weighted by molar-refractivity contribution is -0.268. The number of aliphatic hydroxyl groups is 3. The van der Waals surface area contributed by atoms with Gasteiger partial charge in [0.05, 0.1) is 6.10 Å². The molecule has 32 heavy (non-hydrogen) atoms. The van der Waals surface area contributed by atoms with Crippen molar-refractivity contribution < 1.29 is 44.5 Å². The van der Waals surface area contributed by atoms with Gasteiger partial charge >= 0.3 is 0 Å². The number of aromatic hydroxyl groups is 3. The second-order valence-corrected chi connectivity index (χ2v) is 7.72. The van der Waals surface area contributed by atoms with Crippen LogP contribution < -0.4 is 10.2 Å². The standard InChI is InChI=1S/C22H22O10/c1-8-3-5-10(6-4-8)19-17(28)15(26)13-11(23)7-12(24)20(21(13)31-19)32-22-18(29)16(27)14(25)9(2)30-22/h3-7,9,14,16,18,22-25,27-29H,1-2H3. The van der Waals surface area contributed by atoms with E-state index in [2.05, 4.69) is 0 Å². The molecule has 1 aromatic heterocycles. The number of phenols is 2. The third kappa shape index (κ3) is 3.53. The van der Waals surface area contributed by atoms with Crippen LogP contribution in [0.5, 0.6) is 23.0 Å². The number of rotatable bonds is 3. The molecule has 5 atom stereocenters. The minimum atomic E-state index is -1.70. The Hall–Kier alpha value is -3.31. The third-order valence-electron chi connectivity index (χ3n) is 5.41. The summed E-state index contributed by atoms with van der Waals surface area (Å²) in [6.07, 6.45) is -7.16. The molecule has 0 aliphatic carbocycles. The van der Waals surface area contributed by atoms with Crippen molar-refractivity contribution in [2.45, 2.75) is 44.6 Å². The summed E-state index contributed by atoms with van der Waals surface area (Å²) in [4.78, 5) is 12.8. The summed E-state index contributed by atoms with van der Waals surface area (Å²) in [6, 6.07) is 7.49. The second-order valence-electron chi connectivity index (χ2n) is 7.72. The number of hydrogen-bond donors (Lipinski definition) is 6. The van der Waals surface area contributed by atoms with E-state index in [0.29, 0.717) is 5.56 Å². The quantitative estimate of drug-likeness (QED) is 0.342. The Kier molecular flexibility index (Phi) is 5.47. The molecule has 6 N–H and O–H groups in total. The maximum absolute atomic E-state index is 12.8. The highest BCUT2D eigenvalue weighted by Gasteiger charge is 2.43. The molecule has 0 spiro atoms. The number of ether oxygens (including phenoxy) is 2. The maximum Gasteiger partial charge on any atom is 0.238 e. The van der Waals surface area contributed by atoms with E-state index in [1.807, 2.05) is 6.92 Å². The van der Waals surface area contributed by atoms with Gasteiger partial charge in [0.1, 0.15) is 29.4 Å². The largest absolute Gasteiger partial charge is 0.507 e. The first-order chi connectivity index (χ1) is 15.1. The average Bonchev–Trinajstić information content (AvgIpc) is 2.75. The lowest BCUT2D eigenvalue weighted by Gasteiger charge is -2.38. The molecule has 5 unspecified atom stereocenters. The van der Waals surface area contributed by atoms with Gasteiger partial charge in [-0.15, -0.1) is 0 Å². The predicted molar refractivity (Wildman–Crippen MR) is 111 cm³/mol. The Morgan fingerprint density at radius 2 is 1.59 bits per heavy atom. The number of aliphatic hydroxyl groups excluding tert-OH is 3. The summed E-state index contributed by atoms with van der Waals surface area (Å²) in [6.45, 7) is 3.29. The van der Waals surface area contributed by atoms with E-state index in [1.165, 1.54) is 6.92 Å². The third-order valence-corrected chi connectivity index (χ3v) is 5.41. The molecule has 10 nitrogen and oxygen atoms in total. The molecule has 1 fully saturated rings. The zero-order valence-corrected chi connectivity index (χ0v) is 17.1. The Balaban J connectivity index is 1.89. The fourth-order valence-electron chi connectivity index (χ4n) is 3.54. The molecule has 10 heteroatoms. The normalized spacial score (nSPS) is 25.7. The van der Waals surface area contributed by atoms with Crippen LogP contribution >= 0.6 is 0 Å². The van der Waals surface area contributed by atoms with Crippen LogP contribution in [0.2, 0.25) is 0 Å². The molecule has 1 aliphatic rings. The van der Waals surface area contributed by atoms with E-state index < -0.39 is 70.1 Å². The summed E-state index contributed by atoms with van der Waals surface area (Å²) in [5.74, 6) is -2.77. The zero-order chi connectivity index (χ0) is 23.3. The zero-order valence-electron chi connectivity index (χ0n) is 17.1. The molecule has 2 heterocycles. The Bertz CT molecular complexity index is 1220. The molecular weight excluding hydrogens is 424 g/mol. The van der Waals surface area contributed by atoms with Crippen LogP contribution in [0.25, 0.3) is 22.3 Å². The molecule has 170 valence electrons. The highest BCUT2D eigenvalue weighted by atomic mass is 16.7. The minimum Gasteiger partial charge on any atom is -0.507 e. The summed E-state index contributed by atoms with van der Waals surface area (Å²) < 4.78 is 16.6. The maximum atomic E-state index is 12.8. The van der Waals surface area contributed by atoms with Crippen LogP contribution in [0.4, 0.5) is 0 Å². The molecule has 0 radical (unpaired) electrons. The molecular formula is C22H22O10. The van der Waals surface area contributed by atoms with Crippen LogP contribution in [0.3, 0.4) is 0 Å². The first-order valence-corrected chi connectivity index (χ1v) is 9.78. The van der Waals surface area contributed by atoms with Crippen molar-refractivity contribution in [3.8, 4) is 34.3 Å². The van der Waals surface area contributed by atoms with Gasteiger partial charge in [-0.2, -0.15) is 0 Å². The molecule has 1 aliphatic heterocycles. The Morgan fingerprint density at radius 1 is 0.938 bits per heavy atom. The van der Waals surface area contributed by atoms with Crippen molar-refractivity contribution >= 4 is 11.0 Å². The van der Waals surface area contributed by atoms with E-state index in [1.54, 1.807) is 24.3 Å². The predicted octanol–water partition coefficient (Wildman–Crippen LogP) is 1.09.